The number of likely N-dealkylation sites (tertiary alicyclic amines) is 1. The summed E-state index contributed by atoms with van der Waals surface area (Å²) in [6.45, 7) is 14.3. The smallest absolute Gasteiger partial charge is 0.408 e. The van der Waals surface area contributed by atoms with Gasteiger partial charge in [-0.3, -0.25) is 14.4 Å². The molecule has 0 bridgehead atoms. The third-order valence-electron chi connectivity index (χ3n) is 11.1. The summed E-state index contributed by atoms with van der Waals surface area (Å²) < 4.78 is 11.2. The van der Waals surface area contributed by atoms with Gasteiger partial charge in [0.1, 0.15) is 24.3 Å². The van der Waals surface area contributed by atoms with Crippen molar-refractivity contribution in [2.75, 3.05) is 19.7 Å². The van der Waals surface area contributed by atoms with E-state index >= 15 is 0 Å². The van der Waals surface area contributed by atoms with Gasteiger partial charge in [-0.2, -0.15) is 0 Å². The van der Waals surface area contributed by atoms with Crippen LogP contribution in [0.3, 0.4) is 0 Å². The van der Waals surface area contributed by atoms with E-state index in [1.54, 1.807) is 4.90 Å². The third-order valence-corrected chi connectivity index (χ3v) is 11.1. The summed E-state index contributed by atoms with van der Waals surface area (Å²) in [6, 6.07) is 24.0. The summed E-state index contributed by atoms with van der Waals surface area (Å²) in [5, 5.41) is 11.7. The summed E-state index contributed by atoms with van der Waals surface area (Å²) in [5.74, 6) is -1.25. The molecule has 1 fully saturated rings. The SMILES string of the molecule is CC(C)CC(/C=C/C(Cc1ccccc1)C(=O)N1CCC[C@H]1C(=O)NC(CCCCNC(=O)OCC1c2ccccc2-c2ccccc21)C(=O)NC(C)C)NC(=O)OC(C)(C)C. The largest absolute Gasteiger partial charge is 0.449 e. The van der Waals surface area contributed by atoms with Crippen molar-refractivity contribution in [2.45, 2.75) is 129 Å². The highest BCUT2D eigenvalue weighted by Gasteiger charge is 2.38. The lowest BCUT2D eigenvalue weighted by Gasteiger charge is -2.29. The Morgan fingerprint density at radius 2 is 1.44 bits per heavy atom. The molecule has 334 valence electrons. The summed E-state index contributed by atoms with van der Waals surface area (Å²) in [6.07, 6.45) is 6.31. The van der Waals surface area contributed by atoms with Crippen LogP contribution < -0.4 is 21.3 Å². The highest BCUT2D eigenvalue weighted by Crippen LogP contribution is 2.44. The molecule has 1 saturated heterocycles. The molecule has 5 amide bonds. The average Bonchev–Trinajstić information content (AvgIpc) is 3.83. The molecular weight excluding hydrogens is 783 g/mol. The van der Waals surface area contributed by atoms with Gasteiger partial charge in [0.15, 0.2) is 0 Å². The maximum Gasteiger partial charge on any atom is 0.408 e. The first-order valence-electron chi connectivity index (χ1n) is 22.3. The van der Waals surface area contributed by atoms with Crippen LogP contribution in [-0.4, -0.2) is 84.3 Å². The summed E-state index contributed by atoms with van der Waals surface area (Å²) in [7, 11) is 0. The first kappa shape index (κ1) is 47.4. The fourth-order valence-corrected chi connectivity index (χ4v) is 8.28. The molecule has 0 aromatic heterocycles. The number of hydrogen-bond acceptors (Lipinski definition) is 7. The molecule has 5 rings (SSSR count). The Hall–Kier alpha value is -5.65. The number of ether oxygens (including phenoxy) is 2. The van der Waals surface area contributed by atoms with E-state index < -0.39 is 35.8 Å². The number of unbranched alkanes of at least 4 members (excludes halogenated alkanes) is 1. The fraction of sp³-hybridized carbons (Fsp3) is 0.500. The molecule has 3 unspecified atom stereocenters. The van der Waals surface area contributed by atoms with E-state index in [2.05, 4.69) is 59.4 Å². The number of carbonyl (C=O) groups excluding carboxylic acids is 5. The second kappa shape index (κ2) is 22.4. The van der Waals surface area contributed by atoms with Crippen LogP contribution in [0.2, 0.25) is 0 Å². The number of nitrogens with zero attached hydrogens (tertiary/aromatic N) is 1. The molecule has 0 radical (unpaired) electrons. The van der Waals surface area contributed by atoms with Crippen molar-refractivity contribution in [3.05, 3.63) is 108 Å². The minimum atomic E-state index is -0.826. The lowest BCUT2D eigenvalue weighted by Crippen LogP contribution is -2.54. The van der Waals surface area contributed by atoms with Crippen molar-refractivity contribution in [3.8, 4) is 11.1 Å². The second-order valence-electron chi connectivity index (χ2n) is 18.2. The van der Waals surface area contributed by atoms with Crippen LogP contribution >= 0.6 is 0 Å². The van der Waals surface area contributed by atoms with Gasteiger partial charge in [0, 0.05) is 25.0 Å². The van der Waals surface area contributed by atoms with Crippen LogP contribution in [0.5, 0.6) is 0 Å². The maximum atomic E-state index is 14.5. The highest BCUT2D eigenvalue weighted by molar-refractivity contribution is 5.93. The second-order valence-corrected chi connectivity index (χ2v) is 18.2. The van der Waals surface area contributed by atoms with Crippen molar-refractivity contribution in [1.29, 1.82) is 0 Å². The van der Waals surface area contributed by atoms with Crippen molar-refractivity contribution in [2.24, 2.45) is 11.8 Å². The predicted octanol–water partition coefficient (Wildman–Crippen LogP) is 8.05. The molecule has 1 aliphatic carbocycles. The van der Waals surface area contributed by atoms with E-state index in [0.717, 1.165) is 27.8 Å². The predicted molar refractivity (Wildman–Crippen MR) is 242 cm³/mol. The summed E-state index contributed by atoms with van der Waals surface area (Å²) in [5.41, 5.74) is 4.91. The van der Waals surface area contributed by atoms with Crippen LogP contribution in [-0.2, 0) is 30.3 Å². The number of alkyl carbamates (subject to hydrolysis) is 2. The molecule has 12 heteroatoms. The Morgan fingerprint density at radius 1 is 0.790 bits per heavy atom. The monoisotopic (exact) mass is 850 g/mol. The summed E-state index contributed by atoms with van der Waals surface area (Å²) >= 11 is 0. The zero-order valence-corrected chi connectivity index (χ0v) is 37.6. The normalized spacial score (nSPS) is 16.3. The molecule has 3 aromatic carbocycles. The van der Waals surface area contributed by atoms with Crippen LogP contribution in [0, 0.1) is 11.8 Å². The lowest BCUT2D eigenvalue weighted by molar-refractivity contribution is -0.141. The van der Waals surface area contributed by atoms with E-state index in [9.17, 15) is 24.0 Å². The molecule has 1 heterocycles. The highest BCUT2D eigenvalue weighted by atomic mass is 16.6. The first-order valence-corrected chi connectivity index (χ1v) is 22.3. The van der Waals surface area contributed by atoms with Crippen LogP contribution in [0.4, 0.5) is 9.59 Å². The van der Waals surface area contributed by atoms with Gasteiger partial charge < -0.3 is 35.6 Å². The zero-order chi connectivity index (χ0) is 44.8. The zero-order valence-electron chi connectivity index (χ0n) is 37.6. The summed E-state index contributed by atoms with van der Waals surface area (Å²) in [4.78, 5) is 69.1. The Labute approximate surface area is 368 Å². The van der Waals surface area contributed by atoms with Crippen LogP contribution in [0.15, 0.2) is 91.0 Å². The van der Waals surface area contributed by atoms with Gasteiger partial charge in [-0.25, -0.2) is 9.59 Å². The van der Waals surface area contributed by atoms with Gasteiger partial charge in [-0.1, -0.05) is 105 Å². The molecule has 4 N–H and O–H groups in total. The van der Waals surface area contributed by atoms with E-state index in [-0.39, 0.29) is 48.2 Å². The Kier molecular flexibility index (Phi) is 17.2. The van der Waals surface area contributed by atoms with Crippen molar-refractivity contribution in [1.82, 2.24) is 26.2 Å². The van der Waals surface area contributed by atoms with Gasteiger partial charge in [-0.15, -0.1) is 0 Å². The number of hydrogen-bond donors (Lipinski definition) is 4. The van der Waals surface area contributed by atoms with Crippen molar-refractivity contribution in [3.63, 3.8) is 0 Å². The van der Waals surface area contributed by atoms with E-state index in [1.807, 2.05) is 101 Å². The topological polar surface area (TPSA) is 155 Å². The number of benzene rings is 3. The molecular formula is C50H67N5O7. The number of amides is 5. The fourth-order valence-electron chi connectivity index (χ4n) is 8.28. The third kappa shape index (κ3) is 13.9. The molecule has 62 heavy (non-hydrogen) atoms. The molecule has 12 nitrogen and oxygen atoms in total. The standard InChI is InChI=1S/C50H67N5O7/c1-33(2)30-37(53-49(60)62-50(5,6)7)27-26-36(31-35-18-9-8-10-19-35)47(58)55-29-17-25-44(55)46(57)54-43(45(56)52-34(3)4)24-15-16-28-51-48(59)61-32-42-40-22-13-11-20-38(40)39-21-12-14-23-41(39)42/h8-14,18-23,26-27,33-34,36-37,42-44H,15-17,24-25,28-32H2,1-7H3,(H,51,59)(H,52,56)(H,53,60)(H,54,57)/b27-26+/t36?,37?,43?,44-/m0/s1. The number of rotatable bonds is 19. The lowest BCUT2D eigenvalue weighted by atomic mass is 9.94. The molecule has 1 aliphatic heterocycles. The maximum absolute atomic E-state index is 14.5. The molecule has 2 aliphatic rings. The van der Waals surface area contributed by atoms with Crippen molar-refractivity contribution < 1.29 is 33.4 Å². The number of fused-ring (bicyclic) bond motifs is 3. The Morgan fingerprint density at radius 3 is 2.06 bits per heavy atom. The van der Waals surface area contributed by atoms with E-state index in [4.69, 9.17) is 9.47 Å². The quantitative estimate of drug-likeness (QED) is 0.0703. The van der Waals surface area contributed by atoms with Gasteiger partial charge >= 0.3 is 12.2 Å². The molecule has 0 spiro atoms. The Bertz CT molecular complexity index is 1960. The minimum absolute atomic E-state index is 0.0375. The number of carbonyl (C=O) groups is 5. The van der Waals surface area contributed by atoms with Gasteiger partial charge in [0.05, 0.1) is 12.0 Å². The molecule has 3 aromatic rings. The van der Waals surface area contributed by atoms with Crippen LogP contribution in [0.1, 0.15) is 110 Å². The minimum Gasteiger partial charge on any atom is -0.449 e. The first-order chi connectivity index (χ1) is 29.6. The van der Waals surface area contributed by atoms with Crippen molar-refractivity contribution >= 4 is 29.9 Å². The average molecular weight is 850 g/mol. The molecule has 4 atom stereocenters. The van der Waals surface area contributed by atoms with E-state index in [0.29, 0.717) is 58.0 Å². The molecule has 0 saturated carbocycles. The van der Waals surface area contributed by atoms with Gasteiger partial charge in [0.2, 0.25) is 17.7 Å². The van der Waals surface area contributed by atoms with Gasteiger partial charge in [0.25, 0.3) is 0 Å². The van der Waals surface area contributed by atoms with Crippen LogP contribution in [0.25, 0.3) is 11.1 Å². The van der Waals surface area contributed by atoms with E-state index in [1.165, 1.54) is 0 Å². The number of nitrogens with one attached hydrogen (secondary N) is 4. The van der Waals surface area contributed by atoms with Gasteiger partial charge in [-0.05, 0) is 113 Å². The Balaban J connectivity index is 1.18.